The van der Waals surface area contributed by atoms with Crippen LogP contribution in [0.25, 0.3) is 0 Å². The maximum Gasteiger partial charge on any atom is 0.416 e. The molecule has 42 heavy (non-hydrogen) atoms. The van der Waals surface area contributed by atoms with E-state index in [1.54, 1.807) is 43.3 Å². The molecular formula is C30H33ClF3N3O4S. The zero-order valence-electron chi connectivity index (χ0n) is 23.5. The minimum atomic E-state index is -4.75. The predicted molar refractivity (Wildman–Crippen MR) is 157 cm³/mol. The summed E-state index contributed by atoms with van der Waals surface area (Å²) in [5.74, 6) is -1.23. The number of carbonyl (C=O) groups is 2. The minimum absolute atomic E-state index is 0.0701. The number of nitrogens with zero attached hydrogens (tertiary/aromatic N) is 2. The van der Waals surface area contributed by atoms with Gasteiger partial charge in [0.25, 0.3) is 10.0 Å². The van der Waals surface area contributed by atoms with Crippen LogP contribution in [0, 0.1) is 6.92 Å². The first-order valence-electron chi connectivity index (χ1n) is 13.3. The van der Waals surface area contributed by atoms with Crippen molar-refractivity contribution in [2.45, 2.75) is 57.3 Å². The van der Waals surface area contributed by atoms with Gasteiger partial charge in [-0.3, -0.25) is 13.9 Å². The summed E-state index contributed by atoms with van der Waals surface area (Å²) in [6.45, 7) is 4.70. The lowest BCUT2D eigenvalue weighted by Gasteiger charge is -2.32. The molecule has 2 amide bonds. The van der Waals surface area contributed by atoms with Crippen molar-refractivity contribution in [1.82, 2.24) is 10.2 Å². The van der Waals surface area contributed by atoms with E-state index in [1.807, 2.05) is 6.92 Å². The van der Waals surface area contributed by atoms with E-state index >= 15 is 0 Å². The Morgan fingerprint density at radius 1 is 1.00 bits per heavy atom. The molecular weight excluding hydrogens is 591 g/mol. The van der Waals surface area contributed by atoms with Crippen LogP contribution in [0.1, 0.15) is 43.4 Å². The smallest absolute Gasteiger partial charge is 0.354 e. The Morgan fingerprint density at radius 3 is 2.24 bits per heavy atom. The highest BCUT2D eigenvalue weighted by Crippen LogP contribution is 2.33. The average molecular weight is 624 g/mol. The van der Waals surface area contributed by atoms with Gasteiger partial charge in [0.1, 0.15) is 12.6 Å². The first kappa shape index (κ1) is 32.9. The molecule has 0 saturated carbocycles. The molecule has 0 saturated heterocycles. The summed E-state index contributed by atoms with van der Waals surface area (Å²) >= 11 is 6.00. The Morgan fingerprint density at radius 2 is 1.64 bits per heavy atom. The van der Waals surface area contributed by atoms with Gasteiger partial charge in [0, 0.05) is 18.1 Å². The van der Waals surface area contributed by atoms with Crippen molar-refractivity contribution in [3.8, 4) is 0 Å². The second-order valence-corrected chi connectivity index (χ2v) is 12.1. The molecule has 0 spiro atoms. The van der Waals surface area contributed by atoms with Gasteiger partial charge in [-0.05, 0) is 68.3 Å². The van der Waals surface area contributed by atoms with Gasteiger partial charge in [0.05, 0.1) is 16.1 Å². The standard InChI is InChI=1S/C30H33ClF3N3O4S/c1-4-5-17-35-29(39)22(3)36(19-23-11-13-25(31)14-12-23)28(38)20-37(26-8-6-7-24(18-26)30(32,33)34)42(40,41)27-15-9-21(2)10-16-27/h6-16,18,22H,4-5,17,19-20H2,1-3H3,(H,35,39). The number of carbonyl (C=O) groups excluding carboxylic acids is 2. The van der Waals surface area contributed by atoms with Gasteiger partial charge in [0.15, 0.2) is 0 Å². The van der Waals surface area contributed by atoms with Crippen molar-refractivity contribution >= 4 is 39.1 Å². The predicted octanol–water partition coefficient (Wildman–Crippen LogP) is 6.20. The number of nitrogens with one attached hydrogen (secondary N) is 1. The molecule has 0 radical (unpaired) electrons. The number of hydrogen-bond donors (Lipinski definition) is 1. The molecule has 1 N–H and O–H groups in total. The summed E-state index contributed by atoms with van der Waals surface area (Å²) in [4.78, 5) is 27.9. The topological polar surface area (TPSA) is 86.8 Å². The van der Waals surface area contributed by atoms with Crippen LogP contribution in [0.15, 0.2) is 77.7 Å². The fraction of sp³-hybridized carbons (Fsp3) is 0.333. The number of benzene rings is 3. The second kappa shape index (κ2) is 14.1. The zero-order chi connectivity index (χ0) is 31.1. The van der Waals surface area contributed by atoms with E-state index in [1.165, 1.54) is 30.0 Å². The number of hydrogen-bond acceptors (Lipinski definition) is 4. The van der Waals surface area contributed by atoms with Crippen LogP contribution in [0.4, 0.5) is 18.9 Å². The van der Waals surface area contributed by atoms with Crippen LogP contribution in [0.2, 0.25) is 5.02 Å². The van der Waals surface area contributed by atoms with Crippen molar-refractivity contribution in [2.75, 3.05) is 17.4 Å². The lowest BCUT2D eigenvalue weighted by Crippen LogP contribution is -2.51. The van der Waals surface area contributed by atoms with E-state index in [0.29, 0.717) is 27.5 Å². The summed E-state index contributed by atoms with van der Waals surface area (Å²) < 4.78 is 69.0. The molecule has 0 bridgehead atoms. The average Bonchev–Trinajstić information content (AvgIpc) is 2.95. The van der Waals surface area contributed by atoms with Crippen LogP contribution < -0.4 is 9.62 Å². The highest BCUT2D eigenvalue weighted by atomic mass is 35.5. The number of alkyl halides is 3. The van der Waals surface area contributed by atoms with E-state index in [0.717, 1.165) is 30.5 Å². The molecule has 3 aromatic carbocycles. The highest BCUT2D eigenvalue weighted by Gasteiger charge is 2.35. The van der Waals surface area contributed by atoms with Gasteiger partial charge in [-0.2, -0.15) is 13.2 Å². The summed E-state index contributed by atoms with van der Waals surface area (Å²) in [7, 11) is -4.50. The molecule has 1 atom stereocenters. The number of amides is 2. The summed E-state index contributed by atoms with van der Waals surface area (Å²) in [6.07, 6.45) is -3.18. The summed E-state index contributed by atoms with van der Waals surface area (Å²) in [5.41, 5.74) is -0.0239. The van der Waals surface area contributed by atoms with Gasteiger partial charge in [-0.25, -0.2) is 8.42 Å². The minimum Gasteiger partial charge on any atom is -0.354 e. The Balaban J connectivity index is 2.06. The fourth-order valence-corrected chi connectivity index (χ4v) is 5.64. The number of aryl methyl sites for hydroxylation is 1. The molecule has 0 aliphatic carbocycles. The lowest BCUT2D eigenvalue weighted by molar-refractivity contribution is -0.139. The van der Waals surface area contributed by atoms with Gasteiger partial charge < -0.3 is 10.2 Å². The molecule has 7 nitrogen and oxygen atoms in total. The first-order chi connectivity index (χ1) is 19.7. The van der Waals surface area contributed by atoms with E-state index in [4.69, 9.17) is 11.6 Å². The van der Waals surface area contributed by atoms with Crippen molar-refractivity contribution < 1.29 is 31.2 Å². The highest BCUT2D eigenvalue weighted by molar-refractivity contribution is 7.92. The first-order valence-corrected chi connectivity index (χ1v) is 15.1. The number of halogens is 4. The third kappa shape index (κ3) is 8.48. The van der Waals surface area contributed by atoms with Crippen LogP contribution in [0.5, 0.6) is 0 Å². The van der Waals surface area contributed by atoms with E-state index in [9.17, 15) is 31.2 Å². The second-order valence-electron chi connectivity index (χ2n) is 9.84. The van der Waals surface area contributed by atoms with Crippen LogP contribution in [-0.2, 0) is 32.3 Å². The number of unbranched alkanes of at least 4 members (excludes halogenated alkanes) is 1. The molecule has 0 heterocycles. The Bertz CT molecular complexity index is 1480. The Kier molecular flexibility index (Phi) is 11.0. The number of anilines is 1. The zero-order valence-corrected chi connectivity index (χ0v) is 25.1. The van der Waals surface area contributed by atoms with E-state index in [-0.39, 0.29) is 17.1 Å². The molecule has 3 aromatic rings. The lowest BCUT2D eigenvalue weighted by atomic mass is 10.1. The molecule has 12 heteroatoms. The van der Waals surface area contributed by atoms with Crippen molar-refractivity contribution in [2.24, 2.45) is 0 Å². The molecule has 0 aliphatic rings. The monoisotopic (exact) mass is 623 g/mol. The molecule has 1 unspecified atom stereocenters. The van der Waals surface area contributed by atoms with Gasteiger partial charge in [0.2, 0.25) is 11.8 Å². The fourth-order valence-electron chi connectivity index (χ4n) is 4.11. The SMILES string of the molecule is CCCCNC(=O)C(C)N(Cc1ccc(Cl)cc1)C(=O)CN(c1cccc(C(F)(F)F)c1)S(=O)(=O)c1ccc(C)cc1. The van der Waals surface area contributed by atoms with Crippen molar-refractivity contribution in [3.05, 3.63) is 94.5 Å². The van der Waals surface area contributed by atoms with E-state index in [2.05, 4.69) is 5.32 Å². The third-order valence-electron chi connectivity index (χ3n) is 6.61. The molecule has 0 aliphatic heterocycles. The molecule has 0 aromatic heterocycles. The number of rotatable bonds is 12. The molecule has 226 valence electrons. The maximum absolute atomic E-state index is 13.9. The molecule has 0 fully saturated rings. The van der Waals surface area contributed by atoms with Gasteiger partial charge >= 0.3 is 6.18 Å². The van der Waals surface area contributed by atoms with Crippen LogP contribution in [0.3, 0.4) is 0 Å². The largest absolute Gasteiger partial charge is 0.416 e. The normalized spacial score (nSPS) is 12.5. The Labute approximate surface area is 249 Å². The van der Waals surface area contributed by atoms with Crippen molar-refractivity contribution in [1.29, 1.82) is 0 Å². The summed E-state index contributed by atoms with van der Waals surface area (Å²) in [6, 6.07) is 15.1. The van der Waals surface area contributed by atoms with Crippen molar-refractivity contribution in [3.63, 3.8) is 0 Å². The van der Waals surface area contributed by atoms with Crippen LogP contribution in [-0.4, -0.2) is 44.3 Å². The van der Waals surface area contributed by atoms with Gasteiger partial charge in [-0.15, -0.1) is 0 Å². The number of sulfonamides is 1. The van der Waals surface area contributed by atoms with E-state index < -0.39 is 46.2 Å². The third-order valence-corrected chi connectivity index (χ3v) is 8.65. The quantitative estimate of drug-likeness (QED) is 0.244. The molecule has 3 rings (SSSR count). The Hall–Kier alpha value is -3.57. The maximum atomic E-state index is 13.9. The van der Waals surface area contributed by atoms with Crippen LogP contribution >= 0.6 is 11.6 Å². The van der Waals surface area contributed by atoms with Gasteiger partial charge in [-0.1, -0.05) is 60.8 Å². The summed E-state index contributed by atoms with van der Waals surface area (Å²) in [5, 5.41) is 3.23.